The second kappa shape index (κ2) is 10.0. The second-order valence-corrected chi connectivity index (χ2v) is 15.5. The molecule has 0 bridgehead atoms. The Morgan fingerprint density at radius 1 is 0.472 bits per heavy atom. The second-order valence-electron chi connectivity index (χ2n) is 15.5. The molecular weight excluding hydrogens is 644 g/mol. The summed E-state index contributed by atoms with van der Waals surface area (Å²) in [6, 6.07) is 45.2. The molecule has 0 saturated heterocycles. The van der Waals surface area contributed by atoms with Gasteiger partial charge >= 0.3 is 0 Å². The fourth-order valence-electron chi connectivity index (χ4n) is 10.7. The predicted octanol–water partition coefficient (Wildman–Crippen LogP) is 6.95. The maximum Gasteiger partial charge on any atom is 0.250 e. The Morgan fingerprint density at radius 3 is 1.51 bits per heavy atom. The minimum absolute atomic E-state index is 0.0196. The van der Waals surface area contributed by atoms with Crippen LogP contribution in [-0.2, 0) is 0 Å². The van der Waals surface area contributed by atoms with Crippen molar-refractivity contribution in [3.8, 4) is 5.69 Å². The average molecular weight is 679 g/mol. The first-order valence-electron chi connectivity index (χ1n) is 18.8. The van der Waals surface area contributed by atoms with E-state index in [2.05, 4.69) is 169 Å². The number of para-hydroxylation sites is 3. The highest BCUT2D eigenvalue weighted by atomic mass is 16.3. The van der Waals surface area contributed by atoms with Crippen LogP contribution in [0.2, 0.25) is 0 Å². The van der Waals surface area contributed by atoms with Gasteiger partial charge in [-0.05, 0) is 91.5 Å². The van der Waals surface area contributed by atoms with Gasteiger partial charge in [-0.1, -0.05) is 136 Å². The highest BCUT2D eigenvalue weighted by Gasteiger charge is 2.45. The van der Waals surface area contributed by atoms with Crippen LogP contribution in [-0.4, -0.2) is 26.8 Å². The van der Waals surface area contributed by atoms with E-state index in [1.165, 1.54) is 93.9 Å². The molecule has 0 unspecified atom stereocenters. The van der Waals surface area contributed by atoms with Crippen molar-refractivity contribution < 1.29 is 4.42 Å². The molecule has 0 spiro atoms. The van der Waals surface area contributed by atoms with Crippen LogP contribution < -0.4 is 32.8 Å². The van der Waals surface area contributed by atoms with Crippen LogP contribution in [0.3, 0.4) is 0 Å². The van der Waals surface area contributed by atoms with E-state index in [1.54, 1.807) is 0 Å². The topological polar surface area (TPSA) is 26.9 Å². The van der Waals surface area contributed by atoms with Crippen LogP contribution in [0.5, 0.6) is 0 Å². The van der Waals surface area contributed by atoms with E-state index < -0.39 is 0 Å². The molecule has 0 atom stereocenters. The number of hydrogen-bond acceptors (Lipinski definition) is 1. The Bertz CT molecular complexity index is 3260. The summed E-state index contributed by atoms with van der Waals surface area (Å²) in [5.41, 5.74) is 23.7. The third-order valence-electron chi connectivity index (χ3n) is 12.6. The predicted molar refractivity (Wildman–Crippen MR) is 225 cm³/mol. The third kappa shape index (κ3) is 3.50. The highest BCUT2D eigenvalue weighted by Crippen LogP contribution is 2.38. The lowest BCUT2D eigenvalue weighted by atomic mass is 9.30. The van der Waals surface area contributed by atoms with Gasteiger partial charge in [0.25, 0.3) is 0 Å². The van der Waals surface area contributed by atoms with Gasteiger partial charge in [-0.3, -0.25) is 13.4 Å². The van der Waals surface area contributed by atoms with Crippen molar-refractivity contribution in [1.82, 2.24) is 13.4 Å². The zero-order valence-electron chi connectivity index (χ0n) is 30.5. The molecule has 0 amide bonds. The summed E-state index contributed by atoms with van der Waals surface area (Å²) in [6.45, 7) is 11.5. The van der Waals surface area contributed by atoms with E-state index >= 15 is 0 Å². The number of benzene rings is 6. The average Bonchev–Trinajstić information content (AvgIpc) is 3.78. The summed E-state index contributed by atoms with van der Waals surface area (Å²) in [6.07, 6.45) is 0. The van der Waals surface area contributed by atoms with Crippen molar-refractivity contribution in [2.24, 2.45) is 0 Å². The lowest BCUT2D eigenvalue weighted by molar-refractivity contribution is 0.649. The monoisotopic (exact) mass is 679 g/mol. The molecule has 10 aromatic rings. The van der Waals surface area contributed by atoms with Gasteiger partial charge in [0.1, 0.15) is 22.4 Å². The molecule has 0 fully saturated rings. The Hall–Kier alpha value is -6.13. The molecule has 53 heavy (non-hydrogen) atoms. The molecule has 0 aliphatic carbocycles. The number of aryl methyl sites for hydroxylation is 5. The van der Waals surface area contributed by atoms with E-state index in [0.717, 1.165) is 27.7 Å². The fraction of sp³-hybridized carbons (Fsp3) is 0.106. The zero-order valence-corrected chi connectivity index (χ0v) is 30.5. The normalized spacial score (nSPS) is 13.3. The Morgan fingerprint density at radius 2 is 0.943 bits per heavy atom. The van der Waals surface area contributed by atoms with E-state index in [9.17, 15) is 0 Å². The van der Waals surface area contributed by atoms with Gasteiger partial charge in [0.05, 0.1) is 11.0 Å². The van der Waals surface area contributed by atoms with Gasteiger partial charge < -0.3 is 4.42 Å². The van der Waals surface area contributed by atoms with Crippen molar-refractivity contribution in [3.05, 3.63) is 149 Å². The molecule has 4 nitrogen and oxygen atoms in total. The van der Waals surface area contributed by atoms with Gasteiger partial charge in [-0.15, -0.1) is 0 Å². The first-order valence-corrected chi connectivity index (χ1v) is 18.8. The SMILES string of the molecule is Cc1cc2c3c(c1)B(c1c(C)cccc1C)c1c4ccccc4n4c5c6ccccc6oc5n5c6ccccc6c(c5n-3c14)B2c1c(C)cccc1C. The van der Waals surface area contributed by atoms with Gasteiger partial charge in [-0.25, -0.2) is 0 Å². The number of furan rings is 1. The summed E-state index contributed by atoms with van der Waals surface area (Å²) in [4.78, 5) is 0. The summed E-state index contributed by atoms with van der Waals surface area (Å²) in [7, 11) is 0. The number of hydrogen-bond donors (Lipinski definition) is 0. The molecule has 0 saturated carbocycles. The van der Waals surface area contributed by atoms with Gasteiger partial charge in [0.2, 0.25) is 19.1 Å². The zero-order chi connectivity index (χ0) is 35.4. The quantitative estimate of drug-likeness (QED) is 0.182. The van der Waals surface area contributed by atoms with Crippen molar-refractivity contribution in [3.63, 3.8) is 0 Å². The number of nitrogens with zero attached hydrogens (tertiary/aromatic N) is 3. The smallest absolute Gasteiger partial charge is 0.250 e. The highest BCUT2D eigenvalue weighted by molar-refractivity contribution is 7.03. The van der Waals surface area contributed by atoms with Gasteiger partial charge in [0.15, 0.2) is 0 Å². The van der Waals surface area contributed by atoms with Crippen molar-refractivity contribution in [2.75, 3.05) is 0 Å². The van der Waals surface area contributed by atoms with E-state index in [-0.39, 0.29) is 13.4 Å². The van der Waals surface area contributed by atoms with E-state index in [4.69, 9.17) is 4.42 Å². The Labute approximate surface area is 307 Å². The summed E-state index contributed by atoms with van der Waals surface area (Å²) < 4.78 is 14.8. The Balaban J connectivity index is 1.48. The number of aromatic nitrogens is 3. The Kier molecular flexibility index (Phi) is 5.58. The summed E-state index contributed by atoms with van der Waals surface area (Å²) >= 11 is 0. The lowest BCUT2D eigenvalue weighted by Crippen LogP contribution is -2.64. The van der Waals surface area contributed by atoms with Crippen LogP contribution in [0.1, 0.15) is 27.8 Å². The van der Waals surface area contributed by atoms with Crippen LogP contribution in [0.25, 0.3) is 61.0 Å². The standard InChI is InChI=1S/C47H35B2N3O/c1-26-24-34-44-35(25-26)49(40-29(4)16-13-17-30(40)5)42-32-19-7-10-22-37(32)51-46(42)52(44)45-41(48(34)39-27(2)14-12-15-28(39)3)31-18-6-9-21-36(31)50(45)43-33-20-8-11-23-38(33)53-47(43)51/h6-25H,1-5H3. The largest absolute Gasteiger partial charge is 0.437 e. The molecule has 250 valence electrons. The molecule has 0 N–H and O–H groups in total. The van der Waals surface area contributed by atoms with Crippen molar-refractivity contribution in [1.29, 1.82) is 0 Å². The number of rotatable bonds is 2. The van der Waals surface area contributed by atoms with Crippen LogP contribution in [0.15, 0.2) is 126 Å². The maximum absolute atomic E-state index is 7.13. The fourth-order valence-corrected chi connectivity index (χ4v) is 10.7. The minimum Gasteiger partial charge on any atom is -0.437 e. The van der Waals surface area contributed by atoms with Crippen LogP contribution >= 0.6 is 0 Å². The first kappa shape index (κ1) is 29.4. The van der Waals surface area contributed by atoms with E-state index in [0.29, 0.717) is 0 Å². The molecule has 0 radical (unpaired) electrons. The summed E-state index contributed by atoms with van der Waals surface area (Å²) in [5, 5.41) is 3.66. The van der Waals surface area contributed by atoms with Crippen LogP contribution in [0.4, 0.5) is 0 Å². The first-order chi connectivity index (χ1) is 25.9. The molecule has 2 aliphatic rings. The van der Waals surface area contributed by atoms with Gasteiger partial charge in [-0.2, -0.15) is 0 Å². The molecule has 6 aromatic carbocycles. The molecule has 6 heterocycles. The maximum atomic E-state index is 7.13. The van der Waals surface area contributed by atoms with Crippen LogP contribution in [0, 0.1) is 34.6 Å². The van der Waals surface area contributed by atoms with Crippen molar-refractivity contribution >= 4 is 102 Å². The minimum atomic E-state index is 0.0196. The molecular formula is C47H35B2N3O. The lowest BCUT2D eigenvalue weighted by Gasteiger charge is -2.35. The van der Waals surface area contributed by atoms with Gasteiger partial charge in [0, 0.05) is 11.1 Å². The third-order valence-corrected chi connectivity index (χ3v) is 12.6. The van der Waals surface area contributed by atoms with Crippen molar-refractivity contribution in [2.45, 2.75) is 34.6 Å². The van der Waals surface area contributed by atoms with E-state index in [1.807, 2.05) is 0 Å². The molecule has 6 heteroatoms. The molecule has 12 rings (SSSR count). The molecule has 4 aromatic heterocycles. The summed E-state index contributed by atoms with van der Waals surface area (Å²) in [5.74, 6) is 0. The molecule has 2 aliphatic heterocycles. The number of fused-ring (bicyclic) bond motifs is 11.